The molecule has 0 radical (unpaired) electrons. The van der Waals surface area contributed by atoms with E-state index in [1.807, 2.05) is 25.1 Å². The summed E-state index contributed by atoms with van der Waals surface area (Å²) >= 11 is 5.93. The third-order valence-corrected chi connectivity index (χ3v) is 3.40. The molecule has 4 heteroatoms. The van der Waals surface area contributed by atoms with Gasteiger partial charge in [-0.3, -0.25) is 0 Å². The van der Waals surface area contributed by atoms with Crippen molar-refractivity contribution < 1.29 is 9.13 Å². The summed E-state index contributed by atoms with van der Waals surface area (Å²) in [5.41, 5.74) is 0.693. The molecule has 0 saturated carbocycles. The highest BCUT2D eigenvalue weighted by atomic mass is 35.5. The Hall–Kier alpha value is -1.58. The van der Waals surface area contributed by atoms with Crippen LogP contribution in [0.3, 0.4) is 0 Å². The average Bonchev–Trinajstić information content (AvgIpc) is 2.47. The van der Waals surface area contributed by atoms with Crippen molar-refractivity contribution in [3.05, 3.63) is 64.9 Å². The number of hydrogen-bond donors (Lipinski definition) is 1. The van der Waals surface area contributed by atoms with Crippen LogP contribution in [0.4, 0.5) is 4.39 Å². The topological polar surface area (TPSA) is 21.3 Å². The zero-order valence-electron chi connectivity index (χ0n) is 12.0. The second kappa shape index (κ2) is 8.01. The molecule has 0 bridgehead atoms. The summed E-state index contributed by atoms with van der Waals surface area (Å²) in [6, 6.07) is 14.2. The summed E-state index contributed by atoms with van der Waals surface area (Å²) in [5, 5.41) is 3.96. The molecular weight excluding hydrogens is 289 g/mol. The summed E-state index contributed by atoms with van der Waals surface area (Å²) in [6.45, 7) is 3.29. The van der Waals surface area contributed by atoms with Gasteiger partial charge in [0.2, 0.25) is 0 Å². The quantitative estimate of drug-likeness (QED) is 0.832. The van der Waals surface area contributed by atoms with Gasteiger partial charge in [0.25, 0.3) is 0 Å². The van der Waals surface area contributed by atoms with Gasteiger partial charge in [-0.15, -0.1) is 0 Å². The van der Waals surface area contributed by atoms with E-state index in [4.69, 9.17) is 16.3 Å². The monoisotopic (exact) mass is 307 g/mol. The van der Waals surface area contributed by atoms with Crippen molar-refractivity contribution in [3.63, 3.8) is 0 Å². The molecule has 0 fully saturated rings. The zero-order valence-corrected chi connectivity index (χ0v) is 12.7. The van der Waals surface area contributed by atoms with Crippen molar-refractivity contribution in [1.29, 1.82) is 0 Å². The summed E-state index contributed by atoms with van der Waals surface area (Å²) in [6.07, 6.45) is 0.584. The normalized spacial score (nSPS) is 12.1. The van der Waals surface area contributed by atoms with E-state index in [0.717, 1.165) is 12.3 Å². The van der Waals surface area contributed by atoms with E-state index in [9.17, 15) is 4.39 Å². The average molecular weight is 308 g/mol. The molecule has 21 heavy (non-hydrogen) atoms. The molecule has 2 nitrogen and oxygen atoms in total. The van der Waals surface area contributed by atoms with Gasteiger partial charge < -0.3 is 10.1 Å². The molecule has 2 rings (SSSR count). The Kier molecular flexibility index (Phi) is 6.03. The minimum atomic E-state index is -0.178. The van der Waals surface area contributed by atoms with Gasteiger partial charge in [0.05, 0.1) is 0 Å². The predicted octanol–water partition coefficient (Wildman–Crippen LogP) is 4.08. The van der Waals surface area contributed by atoms with E-state index in [0.29, 0.717) is 23.6 Å². The summed E-state index contributed by atoms with van der Waals surface area (Å²) in [7, 11) is 0. The highest BCUT2D eigenvalue weighted by Gasteiger charge is 2.12. The van der Waals surface area contributed by atoms with Crippen molar-refractivity contribution in [2.45, 2.75) is 19.4 Å². The maximum Gasteiger partial charge on any atom is 0.126 e. The second-order valence-corrected chi connectivity index (χ2v) is 5.25. The maximum atomic E-state index is 13.7. The molecule has 0 amide bonds. The third-order valence-electron chi connectivity index (χ3n) is 3.16. The lowest BCUT2D eigenvalue weighted by atomic mass is 10.1. The fraction of sp³-hybridized carbons (Fsp3) is 0.294. The largest absolute Gasteiger partial charge is 0.492 e. The first-order valence-electron chi connectivity index (χ1n) is 7.04. The first kappa shape index (κ1) is 15.8. The highest BCUT2D eigenvalue weighted by molar-refractivity contribution is 6.30. The Labute approximate surface area is 129 Å². The molecule has 1 atom stereocenters. The van der Waals surface area contributed by atoms with Crippen molar-refractivity contribution in [1.82, 2.24) is 5.32 Å². The van der Waals surface area contributed by atoms with Gasteiger partial charge in [-0.2, -0.15) is 0 Å². The van der Waals surface area contributed by atoms with Gasteiger partial charge in [-0.25, -0.2) is 4.39 Å². The first-order valence-corrected chi connectivity index (χ1v) is 7.42. The number of benzene rings is 2. The maximum absolute atomic E-state index is 13.7. The minimum absolute atomic E-state index is 0.0471. The van der Waals surface area contributed by atoms with Crippen molar-refractivity contribution in [3.8, 4) is 5.75 Å². The Morgan fingerprint density at radius 2 is 2.00 bits per heavy atom. The van der Waals surface area contributed by atoms with Crippen LogP contribution in [-0.2, 0) is 6.42 Å². The van der Waals surface area contributed by atoms with Crippen LogP contribution in [0.5, 0.6) is 5.75 Å². The Morgan fingerprint density at radius 3 is 2.71 bits per heavy atom. The molecule has 0 aromatic heterocycles. The van der Waals surface area contributed by atoms with Gasteiger partial charge in [0.1, 0.15) is 18.2 Å². The van der Waals surface area contributed by atoms with Crippen LogP contribution in [0, 0.1) is 5.82 Å². The van der Waals surface area contributed by atoms with Gasteiger partial charge in [0, 0.05) is 11.1 Å². The number of rotatable bonds is 7. The van der Waals surface area contributed by atoms with E-state index >= 15 is 0 Å². The van der Waals surface area contributed by atoms with Crippen LogP contribution in [0.1, 0.15) is 12.5 Å². The SMILES string of the molecule is CCNC(COc1cccc(Cl)c1)Cc1ccccc1F. The van der Waals surface area contributed by atoms with E-state index < -0.39 is 0 Å². The predicted molar refractivity (Wildman–Crippen MR) is 84.5 cm³/mol. The number of halogens is 2. The van der Waals surface area contributed by atoms with Crippen LogP contribution in [0.2, 0.25) is 5.02 Å². The molecule has 0 heterocycles. The van der Waals surface area contributed by atoms with E-state index in [-0.39, 0.29) is 11.9 Å². The summed E-state index contributed by atoms with van der Waals surface area (Å²) in [4.78, 5) is 0. The molecule has 2 aromatic rings. The van der Waals surface area contributed by atoms with E-state index in [2.05, 4.69) is 5.32 Å². The number of hydrogen-bond acceptors (Lipinski definition) is 2. The Bertz CT molecular complexity index is 576. The van der Waals surface area contributed by atoms with Crippen molar-refractivity contribution >= 4 is 11.6 Å². The minimum Gasteiger partial charge on any atom is -0.492 e. The molecular formula is C17H19ClFNO. The first-order chi connectivity index (χ1) is 10.2. The molecule has 0 aliphatic rings. The number of ether oxygens (including phenoxy) is 1. The zero-order chi connectivity index (χ0) is 15.1. The third kappa shape index (κ3) is 5.03. The molecule has 0 aliphatic heterocycles. The Morgan fingerprint density at radius 1 is 1.19 bits per heavy atom. The number of likely N-dealkylation sites (N-methyl/N-ethyl adjacent to an activating group) is 1. The molecule has 0 aliphatic carbocycles. The van der Waals surface area contributed by atoms with E-state index in [1.165, 1.54) is 6.07 Å². The molecule has 0 spiro atoms. The Balaban J connectivity index is 1.97. The smallest absolute Gasteiger partial charge is 0.126 e. The van der Waals surface area contributed by atoms with Gasteiger partial charge >= 0.3 is 0 Å². The second-order valence-electron chi connectivity index (χ2n) is 4.82. The molecule has 1 unspecified atom stereocenters. The summed E-state index contributed by atoms with van der Waals surface area (Å²) in [5.74, 6) is 0.544. The van der Waals surface area contributed by atoms with Gasteiger partial charge in [-0.05, 0) is 42.8 Å². The van der Waals surface area contributed by atoms with Crippen LogP contribution in [0.25, 0.3) is 0 Å². The van der Waals surface area contributed by atoms with Gasteiger partial charge in [0.15, 0.2) is 0 Å². The van der Waals surface area contributed by atoms with Crippen LogP contribution in [-0.4, -0.2) is 19.2 Å². The van der Waals surface area contributed by atoms with Crippen LogP contribution >= 0.6 is 11.6 Å². The molecule has 2 aromatic carbocycles. The van der Waals surface area contributed by atoms with Gasteiger partial charge in [-0.1, -0.05) is 42.8 Å². The molecule has 0 saturated heterocycles. The van der Waals surface area contributed by atoms with Crippen LogP contribution < -0.4 is 10.1 Å². The molecule has 112 valence electrons. The lowest BCUT2D eigenvalue weighted by Gasteiger charge is -2.19. The van der Waals surface area contributed by atoms with E-state index in [1.54, 1.807) is 24.3 Å². The fourth-order valence-corrected chi connectivity index (χ4v) is 2.34. The fourth-order valence-electron chi connectivity index (χ4n) is 2.16. The lowest BCUT2D eigenvalue weighted by molar-refractivity contribution is 0.264. The van der Waals surface area contributed by atoms with Crippen LogP contribution in [0.15, 0.2) is 48.5 Å². The lowest BCUT2D eigenvalue weighted by Crippen LogP contribution is -2.36. The standard InChI is InChI=1S/C17H19ClFNO/c1-2-20-15(10-13-6-3-4-9-17(13)19)12-21-16-8-5-7-14(18)11-16/h3-9,11,15,20H,2,10,12H2,1H3. The molecule has 1 N–H and O–H groups in total. The number of nitrogens with one attached hydrogen (secondary N) is 1. The van der Waals surface area contributed by atoms with Crippen molar-refractivity contribution in [2.75, 3.05) is 13.2 Å². The van der Waals surface area contributed by atoms with Crippen molar-refractivity contribution in [2.24, 2.45) is 0 Å². The summed E-state index contributed by atoms with van der Waals surface area (Å²) < 4.78 is 19.5. The highest BCUT2D eigenvalue weighted by Crippen LogP contribution is 2.18.